The van der Waals surface area contributed by atoms with Gasteiger partial charge in [-0.15, -0.1) is 0 Å². The minimum Gasteiger partial charge on any atom is -0.351 e. The zero-order valence-electron chi connectivity index (χ0n) is 11.9. The Balaban J connectivity index is 1.98. The van der Waals surface area contributed by atoms with Crippen LogP contribution in [0.15, 0.2) is 54.6 Å². The Hall–Kier alpha value is -2.13. The molecule has 0 saturated heterocycles. The molecule has 0 unspecified atom stereocenters. The van der Waals surface area contributed by atoms with Gasteiger partial charge in [-0.25, -0.2) is 0 Å². The summed E-state index contributed by atoms with van der Waals surface area (Å²) in [6.45, 7) is 0.554. The summed E-state index contributed by atoms with van der Waals surface area (Å²) in [4.78, 5) is 11.5. The molecule has 0 saturated carbocycles. The van der Waals surface area contributed by atoms with E-state index < -0.39 is 0 Å². The van der Waals surface area contributed by atoms with E-state index in [0.29, 0.717) is 11.9 Å². The van der Waals surface area contributed by atoms with E-state index in [1.165, 1.54) is 32.3 Å². The summed E-state index contributed by atoms with van der Waals surface area (Å²) in [7, 11) is 0. The van der Waals surface area contributed by atoms with Gasteiger partial charge in [-0.3, -0.25) is 4.79 Å². The van der Waals surface area contributed by atoms with E-state index in [1.807, 2.05) is 0 Å². The molecule has 108 valence electrons. The fourth-order valence-corrected chi connectivity index (χ4v) is 3.39. The topological polar surface area (TPSA) is 29.1 Å². The van der Waals surface area contributed by atoms with Crippen LogP contribution in [0.3, 0.4) is 0 Å². The van der Waals surface area contributed by atoms with E-state index in [4.69, 9.17) is 0 Å². The Morgan fingerprint density at radius 2 is 1.50 bits per heavy atom. The van der Waals surface area contributed by atoms with Crippen molar-refractivity contribution in [1.82, 2.24) is 5.32 Å². The van der Waals surface area contributed by atoms with Crippen LogP contribution in [0.2, 0.25) is 0 Å². The molecule has 0 aliphatic heterocycles. The zero-order valence-corrected chi connectivity index (χ0v) is 13.5. The van der Waals surface area contributed by atoms with Gasteiger partial charge < -0.3 is 5.32 Å². The Labute approximate surface area is 136 Å². The van der Waals surface area contributed by atoms with Crippen molar-refractivity contribution in [2.45, 2.75) is 6.54 Å². The van der Waals surface area contributed by atoms with Crippen LogP contribution in [0.4, 0.5) is 0 Å². The second kappa shape index (κ2) is 5.25. The number of carbonyl (C=O) groups excluding carboxylic acids is 1. The Kier molecular flexibility index (Phi) is 3.23. The first kappa shape index (κ1) is 13.5. The summed E-state index contributed by atoms with van der Waals surface area (Å²) in [6.07, 6.45) is 0. The van der Waals surface area contributed by atoms with Crippen molar-refractivity contribution in [3.8, 4) is 0 Å². The lowest BCUT2D eigenvalue weighted by Gasteiger charge is -2.14. The summed E-state index contributed by atoms with van der Waals surface area (Å²) in [5.74, 6) is 0.00527. The van der Waals surface area contributed by atoms with E-state index in [0.717, 1.165) is 5.56 Å². The van der Waals surface area contributed by atoms with E-state index in [2.05, 4.69) is 75.8 Å². The first-order chi connectivity index (χ1) is 10.8. The van der Waals surface area contributed by atoms with Crippen molar-refractivity contribution in [3.63, 3.8) is 0 Å². The van der Waals surface area contributed by atoms with Gasteiger partial charge in [0.1, 0.15) is 0 Å². The third-order valence-corrected chi connectivity index (χ3v) is 4.73. The van der Waals surface area contributed by atoms with E-state index >= 15 is 0 Å². The van der Waals surface area contributed by atoms with Crippen molar-refractivity contribution in [2.24, 2.45) is 0 Å². The van der Waals surface area contributed by atoms with Crippen LogP contribution in [-0.4, -0.2) is 11.2 Å². The van der Waals surface area contributed by atoms with Crippen LogP contribution in [0, 0.1) is 0 Å². The lowest BCUT2D eigenvalue weighted by Crippen LogP contribution is -2.23. The van der Waals surface area contributed by atoms with Gasteiger partial charge in [-0.2, -0.15) is 0 Å². The lowest BCUT2D eigenvalue weighted by molar-refractivity contribution is -0.118. The molecule has 1 N–H and O–H groups in total. The third kappa shape index (κ3) is 2.04. The first-order valence-electron chi connectivity index (χ1n) is 7.26. The number of hydrogen-bond donors (Lipinski definition) is 1. The third-order valence-electron chi connectivity index (χ3n) is 4.22. The van der Waals surface area contributed by atoms with Crippen molar-refractivity contribution in [2.75, 3.05) is 5.33 Å². The average Bonchev–Trinajstić information content (AvgIpc) is 2.58. The SMILES string of the molecule is O=C(CBr)NCc1ccc2ccc3cccc4ccc1c2c34. The highest BCUT2D eigenvalue weighted by Crippen LogP contribution is 2.35. The molecule has 4 aromatic carbocycles. The van der Waals surface area contributed by atoms with Gasteiger partial charge in [-0.05, 0) is 37.9 Å². The predicted molar refractivity (Wildman–Crippen MR) is 95.8 cm³/mol. The molecule has 0 spiro atoms. The minimum atomic E-state index is 0.00527. The van der Waals surface area contributed by atoms with Crippen LogP contribution < -0.4 is 5.32 Å². The molecule has 1 amide bonds. The van der Waals surface area contributed by atoms with E-state index in [9.17, 15) is 4.79 Å². The molecule has 0 atom stereocenters. The average molecular weight is 352 g/mol. The number of nitrogens with one attached hydrogen (secondary N) is 1. The van der Waals surface area contributed by atoms with Crippen molar-refractivity contribution in [3.05, 3.63) is 60.2 Å². The van der Waals surface area contributed by atoms with Gasteiger partial charge in [0, 0.05) is 6.54 Å². The summed E-state index contributed by atoms with van der Waals surface area (Å²) in [5.41, 5.74) is 1.15. The Morgan fingerprint density at radius 3 is 2.23 bits per heavy atom. The summed E-state index contributed by atoms with van der Waals surface area (Å²) in [5, 5.41) is 10.9. The van der Waals surface area contributed by atoms with E-state index in [1.54, 1.807) is 0 Å². The van der Waals surface area contributed by atoms with Gasteiger partial charge in [-0.1, -0.05) is 70.5 Å². The van der Waals surface area contributed by atoms with Crippen LogP contribution in [-0.2, 0) is 11.3 Å². The molecular formula is C19H14BrNO. The standard InChI is InChI=1S/C19H14BrNO/c20-10-17(22)21-11-15-7-6-14-5-4-12-2-1-3-13-8-9-16(15)19(14)18(12)13/h1-9H,10-11H2,(H,21,22). The number of carbonyl (C=O) groups is 1. The molecule has 0 aromatic heterocycles. The molecule has 3 heteroatoms. The van der Waals surface area contributed by atoms with Crippen molar-refractivity contribution >= 4 is 54.2 Å². The van der Waals surface area contributed by atoms with Gasteiger partial charge in [0.2, 0.25) is 5.91 Å². The number of alkyl halides is 1. The van der Waals surface area contributed by atoms with E-state index in [-0.39, 0.29) is 5.91 Å². The summed E-state index contributed by atoms with van der Waals surface area (Å²) < 4.78 is 0. The van der Waals surface area contributed by atoms with Crippen molar-refractivity contribution in [1.29, 1.82) is 0 Å². The normalized spacial score (nSPS) is 11.5. The molecule has 0 heterocycles. The maximum Gasteiger partial charge on any atom is 0.230 e. The molecule has 4 rings (SSSR count). The number of amides is 1. The molecule has 22 heavy (non-hydrogen) atoms. The molecule has 0 bridgehead atoms. The highest BCUT2D eigenvalue weighted by Gasteiger charge is 2.10. The monoisotopic (exact) mass is 351 g/mol. The Bertz CT molecular complexity index is 977. The van der Waals surface area contributed by atoms with Crippen LogP contribution in [0.5, 0.6) is 0 Å². The molecule has 0 aliphatic carbocycles. The minimum absolute atomic E-state index is 0.00527. The maximum absolute atomic E-state index is 11.5. The number of hydrogen-bond acceptors (Lipinski definition) is 1. The lowest BCUT2D eigenvalue weighted by atomic mass is 9.92. The van der Waals surface area contributed by atoms with Crippen LogP contribution in [0.25, 0.3) is 32.3 Å². The molecule has 0 fully saturated rings. The van der Waals surface area contributed by atoms with Gasteiger partial charge in [0.15, 0.2) is 0 Å². The molecule has 0 radical (unpaired) electrons. The molecule has 4 aromatic rings. The van der Waals surface area contributed by atoms with Crippen LogP contribution >= 0.6 is 15.9 Å². The van der Waals surface area contributed by atoms with Gasteiger partial charge >= 0.3 is 0 Å². The predicted octanol–water partition coefficient (Wildman–Crippen LogP) is 4.60. The fraction of sp³-hybridized carbons (Fsp3) is 0.105. The largest absolute Gasteiger partial charge is 0.351 e. The smallest absolute Gasteiger partial charge is 0.230 e. The second-order valence-electron chi connectivity index (χ2n) is 5.49. The molecule has 0 aliphatic rings. The molecule has 2 nitrogen and oxygen atoms in total. The number of halogens is 1. The van der Waals surface area contributed by atoms with Crippen molar-refractivity contribution < 1.29 is 4.79 Å². The summed E-state index contributed by atoms with van der Waals surface area (Å²) in [6, 6.07) is 19.3. The summed E-state index contributed by atoms with van der Waals surface area (Å²) >= 11 is 3.18. The Morgan fingerprint density at radius 1 is 0.864 bits per heavy atom. The van der Waals surface area contributed by atoms with Gasteiger partial charge in [0.05, 0.1) is 5.33 Å². The first-order valence-corrected chi connectivity index (χ1v) is 8.38. The highest BCUT2D eigenvalue weighted by molar-refractivity contribution is 9.09. The van der Waals surface area contributed by atoms with Gasteiger partial charge in [0.25, 0.3) is 0 Å². The quantitative estimate of drug-likeness (QED) is 0.424. The zero-order chi connectivity index (χ0) is 15.1. The second-order valence-corrected chi connectivity index (χ2v) is 6.05. The van der Waals surface area contributed by atoms with Crippen LogP contribution in [0.1, 0.15) is 5.56 Å². The number of rotatable bonds is 3. The number of benzene rings is 4. The fourth-order valence-electron chi connectivity index (χ4n) is 3.19. The molecular weight excluding hydrogens is 338 g/mol. The maximum atomic E-state index is 11.5. The highest BCUT2D eigenvalue weighted by atomic mass is 79.9.